The molecule has 1 aliphatic rings. The maximum atomic E-state index is 13.9. The monoisotopic (exact) mass is 410 g/mol. The molecule has 30 heavy (non-hydrogen) atoms. The number of benzene rings is 1. The second-order valence-corrected chi connectivity index (χ2v) is 6.82. The van der Waals surface area contributed by atoms with E-state index in [1.54, 1.807) is 29.4 Å². The first-order valence-electron chi connectivity index (χ1n) is 9.42. The molecule has 0 spiro atoms. The van der Waals surface area contributed by atoms with Gasteiger partial charge in [0.05, 0.1) is 6.54 Å². The van der Waals surface area contributed by atoms with Gasteiger partial charge in [-0.25, -0.2) is 19.2 Å². The highest BCUT2D eigenvalue weighted by Gasteiger charge is 2.26. The van der Waals surface area contributed by atoms with Crippen LogP contribution in [0.3, 0.4) is 0 Å². The highest BCUT2D eigenvalue weighted by atomic mass is 19.1. The standard InChI is InChI=1S/C20H19FN6O3/c21-16-5-2-1-4-14(16)13-27-18(29)15(12-24-20(27)30)17(28)25-8-10-26(11-9-25)19-22-6-3-7-23-19/h1-7,12H,8-11,13H2,(H,24,30). The van der Waals surface area contributed by atoms with Gasteiger partial charge in [0.2, 0.25) is 5.95 Å². The second-order valence-electron chi connectivity index (χ2n) is 6.82. The molecule has 10 heteroatoms. The zero-order valence-corrected chi connectivity index (χ0v) is 16.0. The molecule has 1 N–H and O–H groups in total. The Morgan fingerprint density at radius 2 is 1.73 bits per heavy atom. The summed E-state index contributed by atoms with van der Waals surface area (Å²) >= 11 is 0. The van der Waals surface area contributed by atoms with Crippen LogP contribution in [0, 0.1) is 5.82 Å². The van der Waals surface area contributed by atoms with Crippen molar-refractivity contribution in [3.8, 4) is 0 Å². The van der Waals surface area contributed by atoms with Crippen molar-refractivity contribution in [1.82, 2.24) is 24.4 Å². The zero-order chi connectivity index (χ0) is 21.1. The summed E-state index contributed by atoms with van der Waals surface area (Å²) in [4.78, 5) is 52.2. The predicted octanol–water partition coefficient (Wildman–Crippen LogP) is 0.476. The fourth-order valence-electron chi connectivity index (χ4n) is 3.34. The number of aromatic amines is 1. The van der Waals surface area contributed by atoms with Gasteiger partial charge in [-0.05, 0) is 12.1 Å². The van der Waals surface area contributed by atoms with E-state index in [0.29, 0.717) is 32.1 Å². The molecule has 154 valence electrons. The van der Waals surface area contributed by atoms with E-state index in [4.69, 9.17) is 0 Å². The lowest BCUT2D eigenvalue weighted by Crippen LogP contribution is -2.51. The smallest absolute Gasteiger partial charge is 0.328 e. The minimum atomic E-state index is -0.749. The van der Waals surface area contributed by atoms with Crippen molar-refractivity contribution in [1.29, 1.82) is 0 Å². The molecular formula is C20H19FN6O3. The molecule has 0 bridgehead atoms. The average Bonchev–Trinajstić information content (AvgIpc) is 2.78. The molecular weight excluding hydrogens is 391 g/mol. The van der Waals surface area contributed by atoms with Crippen LogP contribution in [0.4, 0.5) is 10.3 Å². The lowest BCUT2D eigenvalue weighted by atomic mass is 10.2. The van der Waals surface area contributed by atoms with E-state index in [-0.39, 0.29) is 17.7 Å². The number of rotatable bonds is 4. The van der Waals surface area contributed by atoms with Crippen molar-refractivity contribution in [3.63, 3.8) is 0 Å². The number of nitrogens with one attached hydrogen (secondary N) is 1. The Bertz CT molecular complexity index is 1170. The molecule has 1 aromatic carbocycles. The molecule has 0 atom stereocenters. The lowest BCUT2D eigenvalue weighted by Gasteiger charge is -2.34. The predicted molar refractivity (Wildman–Crippen MR) is 107 cm³/mol. The molecule has 1 aliphatic heterocycles. The van der Waals surface area contributed by atoms with Crippen LogP contribution < -0.4 is 16.1 Å². The van der Waals surface area contributed by atoms with Gasteiger partial charge in [0.1, 0.15) is 11.4 Å². The van der Waals surface area contributed by atoms with Gasteiger partial charge in [-0.3, -0.25) is 14.2 Å². The molecule has 1 fully saturated rings. The Kier molecular flexibility index (Phi) is 5.38. The van der Waals surface area contributed by atoms with Gasteiger partial charge in [0.25, 0.3) is 11.5 Å². The van der Waals surface area contributed by atoms with Crippen LogP contribution in [-0.4, -0.2) is 56.5 Å². The maximum Gasteiger partial charge on any atom is 0.328 e. The molecule has 2 aromatic heterocycles. The van der Waals surface area contributed by atoms with Crippen LogP contribution in [0.1, 0.15) is 15.9 Å². The number of piperazine rings is 1. The van der Waals surface area contributed by atoms with Gasteiger partial charge in [-0.2, -0.15) is 0 Å². The minimum Gasteiger partial charge on any atom is -0.337 e. The van der Waals surface area contributed by atoms with Crippen LogP contribution in [0.15, 0.2) is 58.5 Å². The molecule has 1 saturated heterocycles. The first-order valence-corrected chi connectivity index (χ1v) is 9.42. The van der Waals surface area contributed by atoms with Gasteiger partial charge < -0.3 is 14.8 Å². The molecule has 0 saturated carbocycles. The zero-order valence-electron chi connectivity index (χ0n) is 16.0. The molecule has 0 unspecified atom stereocenters. The second kappa shape index (κ2) is 8.27. The van der Waals surface area contributed by atoms with Crippen molar-refractivity contribution in [2.45, 2.75) is 6.54 Å². The van der Waals surface area contributed by atoms with Crippen molar-refractivity contribution in [2.75, 3.05) is 31.1 Å². The summed E-state index contributed by atoms with van der Waals surface area (Å²) in [5, 5.41) is 0. The van der Waals surface area contributed by atoms with Crippen molar-refractivity contribution < 1.29 is 9.18 Å². The number of anilines is 1. The number of halogens is 1. The molecule has 0 aliphatic carbocycles. The Labute approximate surface area is 170 Å². The van der Waals surface area contributed by atoms with Crippen LogP contribution >= 0.6 is 0 Å². The minimum absolute atomic E-state index is 0.157. The number of aromatic nitrogens is 4. The fourth-order valence-corrected chi connectivity index (χ4v) is 3.34. The summed E-state index contributed by atoms with van der Waals surface area (Å²) in [6, 6.07) is 7.60. The molecule has 3 aromatic rings. The Morgan fingerprint density at radius 1 is 1.03 bits per heavy atom. The number of H-pyrrole nitrogens is 1. The van der Waals surface area contributed by atoms with Crippen LogP contribution in [0.25, 0.3) is 0 Å². The summed E-state index contributed by atoms with van der Waals surface area (Å²) in [5.41, 5.74) is -1.42. The number of carbonyl (C=O) groups is 1. The van der Waals surface area contributed by atoms with E-state index in [1.165, 1.54) is 18.2 Å². The van der Waals surface area contributed by atoms with Gasteiger partial charge >= 0.3 is 5.69 Å². The highest BCUT2D eigenvalue weighted by molar-refractivity contribution is 5.93. The number of hydrogen-bond donors (Lipinski definition) is 1. The van der Waals surface area contributed by atoms with Crippen LogP contribution in [-0.2, 0) is 6.54 Å². The van der Waals surface area contributed by atoms with Crippen LogP contribution in [0.2, 0.25) is 0 Å². The third-order valence-corrected chi connectivity index (χ3v) is 4.98. The largest absolute Gasteiger partial charge is 0.337 e. The van der Waals surface area contributed by atoms with E-state index in [2.05, 4.69) is 15.0 Å². The fraction of sp³-hybridized carbons (Fsp3) is 0.250. The quantitative estimate of drug-likeness (QED) is 0.671. The van der Waals surface area contributed by atoms with Crippen molar-refractivity contribution >= 4 is 11.9 Å². The number of nitrogens with zero attached hydrogens (tertiary/aromatic N) is 5. The van der Waals surface area contributed by atoms with Crippen LogP contribution in [0.5, 0.6) is 0 Å². The number of hydrogen-bond acceptors (Lipinski definition) is 6. The summed E-state index contributed by atoms with van der Waals surface area (Å²) in [6.45, 7) is 1.53. The van der Waals surface area contributed by atoms with E-state index < -0.39 is 23.0 Å². The summed E-state index contributed by atoms with van der Waals surface area (Å²) in [6.07, 6.45) is 4.42. The third-order valence-electron chi connectivity index (χ3n) is 4.98. The Morgan fingerprint density at radius 3 is 2.43 bits per heavy atom. The van der Waals surface area contributed by atoms with Gasteiger partial charge in [-0.1, -0.05) is 18.2 Å². The van der Waals surface area contributed by atoms with Crippen molar-refractivity contribution in [3.05, 3.63) is 86.7 Å². The van der Waals surface area contributed by atoms with Gasteiger partial charge in [0.15, 0.2) is 0 Å². The molecule has 9 nitrogen and oxygen atoms in total. The summed E-state index contributed by atoms with van der Waals surface area (Å²) < 4.78 is 14.8. The Balaban J connectivity index is 1.53. The van der Waals surface area contributed by atoms with Crippen molar-refractivity contribution in [2.24, 2.45) is 0 Å². The van der Waals surface area contributed by atoms with E-state index >= 15 is 0 Å². The molecule has 0 radical (unpaired) electrons. The van der Waals surface area contributed by atoms with Gasteiger partial charge in [-0.15, -0.1) is 0 Å². The SMILES string of the molecule is O=C(c1c[nH]c(=O)n(Cc2ccccc2F)c1=O)N1CCN(c2ncccn2)CC1. The molecule has 1 amide bonds. The number of carbonyl (C=O) groups excluding carboxylic acids is 1. The molecule has 3 heterocycles. The topological polar surface area (TPSA) is 104 Å². The summed E-state index contributed by atoms with van der Waals surface area (Å²) in [7, 11) is 0. The maximum absolute atomic E-state index is 13.9. The first-order chi connectivity index (χ1) is 14.5. The van der Waals surface area contributed by atoms with E-state index in [1.807, 2.05) is 4.90 Å². The Hall–Kier alpha value is -3.82. The van der Waals surface area contributed by atoms with E-state index in [0.717, 1.165) is 10.8 Å². The third kappa shape index (κ3) is 3.84. The molecule has 4 rings (SSSR count). The number of amides is 1. The average molecular weight is 410 g/mol. The highest BCUT2D eigenvalue weighted by Crippen LogP contribution is 2.11. The first kappa shape index (κ1) is 19.5. The lowest BCUT2D eigenvalue weighted by molar-refractivity contribution is 0.0743. The normalized spacial score (nSPS) is 14.0. The van der Waals surface area contributed by atoms with Gasteiger partial charge in [0, 0.05) is 50.3 Å². The summed E-state index contributed by atoms with van der Waals surface area (Å²) in [5.74, 6) is -0.423. The van der Waals surface area contributed by atoms with E-state index in [9.17, 15) is 18.8 Å².